The van der Waals surface area contributed by atoms with Gasteiger partial charge >= 0.3 is 6.01 Å². The Morgan fingerprint density at radius 3 is 2.54 bits per heavy atom. The number of rotatable bonds is 5. The summed E-state index contributed by atoms with van der Waals surface area (Å²) in [6, 6.07) is 11.5. The summed E-state index contributed by atoms with van der Waals surface area (Å²) >= 11 is 0. The molecule has 0 saturated heterocycles. The van der Waals surface area contributed by atoms with Crippen LogP contribution in [0.2, 0.25) is 0 Å². The van der Waals surface area contributed by atoms with Crippen molar-refractivity contribution in [3.05, 3.63) is 58.7 Å². The molecule has 0 aliphatic rings. The molecule has 0 aliphatic carbocycles. The Bertz CT molecular complexity index is 924. The molecule has 134 valence electrons. The molecule has 0 saturated carbocycles. The number of hydrogen-bond acceptors (Lipinski definition) is 5. The Labute approximate surface area is 152 Å². The maximum absolute atomic E-state index is 12.4. The molecule has 0 atom stereocenters. The first-order valence-electron chi connectivity index (χ1n) is 8.31. The van der Waals surface area contributed by atoms with Crippen LogP contribution in [0.25, 0.3) is 11.5 Å². The fourth-order valence-electron chi connectivity index (χ4n) is 2.96. The van der Waals surface area contributed by atoms with Gasteiger partial charge in [0, 0.05) is 5.56 Å². The van der Waals surface area contributed by atoms with Crippen molar-refractivity contribution in [2.24, 2.45) is 0 Å². The predicted molar refractivity (Wildman–Crippen MR) is 99.3 cm³/mol. The van der Waals surface area contributed by atoms with E-state index in [-0.39, 0.29) is 18.3 Å². The van der Waals surface area contributed by atoms with Crippen LogP contribution in [0.3, 0.4) is 0 Å². The molecule has 6 nitrogen and oxygen atoms in total. The predicted octanol–water partition coefficient (Wildman–Crippen LogP) is 3.85. The van der Waals surface area contributed by atoms with Gasteiger partial charge in [0.05, 0.1) is 13.5 Å². The number of nitrogens with zero attached hydrogens (tertiary/aromatic N) is 2. The number of ether oxygens (including phenoxy) is 1. The first-order chi connectivity index (χ1) is 12.5. The van der Waals surface area contributed by atoms with Crippen molar-refractivity contribution in [2.45, 2.75) is 27.2 Å². The highest BCUT2D eigenvalue weighted by Crippen LogP contribution is 2.24. The standard InChI is InChI=1S/C20H21N3O3/c1-12-8-13(2)17(14(3)9-12)11-18(24)21-20-23-22-19(26-20)15-6-5-7-16(10-15)25-4/h5-10H,11H2,1-4H3,(H,21,23,24). The van der Waals surface area contributed by atoms with Crippen LogP contribution in [0.15, 0.2) is 40.8 Å². The lowest BCUT2D eigenvalue weighted by Crippen LogP contribution is -2.16. The molecule has 0 fully saturated rings. The smallest absolute Gasteiger partial charge is 0.322 e. The second kappa shape index (κ2) is 7.39. The number of methoxy groups -OCH3 is 1. The maximum atomic E-state index is 12.4. The van der Waals surface area contributed by atoms with Crippen molar-refractivity contribution >= 4 is 11.9 Å². The van der Waals surface area contributed by atoms with Crippen molar-refractivity contribution < 1.29 is 13.9 Å². The number of aromatic nitrogens is 2. The normalized spacial score (nSPS) is 10.6. The summed E-state index contributed by atoms with van der Waals surface area (Å²) in [5, 5.41) is 10.5. The van der Waals surface area contributed by atoms with Crippen LogP contribution in [-0.2, 0) is 11.2 Å². The molecule has 1 aromatic heterocycles. The van der Waals surface area contributed by atoms with Crippen LogP contribution >= 0.6 is 0 Å². The van der Waals surface area contributed by atoms with E-state index in [1.54, 1.807) is 13.2 Å². The zero-order valence-electron chi connectivity index (χ0n) is 15.3. The van der Waals surface area contributed by atoms with Crippen molar-refractivity contribution in [3.63, 3.8) is 0 Å². The first-order valence-corrected chi connectivity index (χ1v) is 8.31. The fraction of sp³-hybridized carbons (Fsp3) is 0.250. The van der Waals surface area contributed by atoms with Gasteiger partial charge in [-0.1, -0.05) is 28.9 Å². The van der Waals surface area contributed by atoms with Gasteiger partial charge in [-0.05, 0) is 55.7 Å². The van der Waals surface area contributed by atoms with E-state index in [0.29, 0.717) is 11.6 Å². The zero-order valence-corrected chi connectivity index (χ0v) is 15.3. The van der Waals surface area contributed by atoms with E-state index in [2.05, 4.69) is 27.6 Å². The Morgan fingerprint density at radius 2 is 1.85 bits per heavy atom. The fourth-order valence-corrected chi connectivity index (χ4v) is 2.96. The van der Waals surface area contributed by atoms with Crippen LogP contribution in [0.5, 0.6) is 5.75 Å². The zero-order chi connectivity index (χ0) is 18.7. The average Bonchev–Trinajstić information content (AvgIpc) is 3.06. The first kappa shape index (κ1) is 17.7. The summed E-state index contributed by atoms with van der Waals surface area (Å²) in [6.45, 7) is 6.06. The Hall–Kier alpha value is -3.15. The Kier molecular flexibility index (Phi) is 5.02. The molecular formula is C20H21N3O3. The van der Waals surface area contributed by atoms with Gasteiger partial charge in [0.2, 0.25) is 11.8 Å². The molecule has 1 amide bonds. The van der Waals surface area contributed by atoms with Crippen molar-refractivity contribution in [3.8, 4) is 17.2 Å². The van der Waals surface area contributed by atoms with Crippen LogP contribution < -0.4 is 10.1 Å². The molecule has 0 bridgehead atoms. The SMILES string of the molecule is COc1cccc(-c2nnc(NC(=O)Cc3c(C)cc(C)cc3C)o2)c1. The van der Waals surface area contributed by atoms with Crippen LogP contribution in [0.4, 0.5) is 6.01 Å². The molecule has 0 radical (unpaired) electrons. The number of benzene rings is 2. The lowest BCUT2D eigenvalue weighted by molar-refractivity contribution is -0.115. The third-order valence-electron chi connectivity index (χ3n) is 4.17. The van der Waals surface area contributed by atoms with E-state index in [1.165, 1.54) is 5.56 Å². The number of carbonyl (C=O) groups excluding carboxylic acids is 1. The quantitative estimate of drug-likeness (QED) is 0.755. The van der Waals surface area contributed by atoms with E-state index >= 15 is 0 Å². The molecule has 1 heterocycles. The second-order valence-electron chi connectivity index (χ2n) is 6.25. The number of anilines is 1. The van der Waals surface area contributed by atoms with Gasteiger partial charge in [-0.25, -0.2) is 0 Å². The van der Waals surface area contributed by atoms with Gasteiger partial charge < -0.3 is 9.15 Å². The Morgan fingerprint density at radius 1 is 1.12 bits per heavy atom. The monoisotopic (exact) mass is 351 g/mol. The summed E-state index contributed by atoms with van der Waals surface area (Å²) < 4.78 is 10.7. The van der Waals surface area contributed by atoms with Gasteiger partial charge in [-0.3, -0.25) is 10.1 Å². The molecule has 0 spiro atoms. The number of aryl methyl sites for hydroxylation is 3. The van der Waals surface area contributed by atoms with Gasteiger partial charge in [0.1, 0.15) is 5.75 Å². The van der Waals surface area contributed by atoms with Crippen LogP contribution in [0.1, 0.15) is 22.3 Å². The third kappa shape index (κ3) is 3.91. The van der Waals surface area contributed by atoms with E-state index < -0.39 is 0 Å². The minimum absolute atomic E-state index is 0.0789. The average molecular weight is 351 g/mol. The van der Waals surface area contributed by atoms with E-state index in [9.17, 15) is 4.79 Å². The lowest BCUT2D eigenvalue weighted by Gasteiger charge is -2.10. The molecule has 2 aromatic carbocycles. The highest BCUT2D eigenvalue weighted by Gasteiger charge is 2.14. The Balaban J connectivity index is 1.72. The molecular weight excluding hydrogens is 330 g/mol. The number of nitrogens with one attached hydrogen (secondary N) is 1. The number of amides is 1. The van der Waals surface area contributed by atoms with E-state index in [4.69, 9.17) is 9.15 Å². The highest BCUT2D eigenvalue weighted by molar-refractivity contribution is 5.90. The second-order valence-corrected chi connectivity index (χ2v) is 6.25. The largest absolute Gasteiger partial charge is 0.497 e. The highest BCUT2D eigenvalue weighted by atomic mass is 16.5. The maximum Gasteiger partial charge on any atom is 0.322 e. The lowest BCUT2D eigenvalue weighted by atomic mass is 9.97. The minimum atomic E-state index is -0.194. The van der Waals surface area contributed by atoms with Gasteiger partial charge in [0.15, 0.2) is 0 Å². The molecule has 0 unspecified atom stereocenters. The number of hydrogen-bond donors (Lipinski definition) is 1. The summed E-state index contributed by atoms with van der Waals surface area (Å²) in [5.74, 6) is 0.819. The molecule has 1 N–H and O–H groups in total. The van der Waals surface area contributed by atoms with Gasteiger partial charge in [0.25, 0.3) is 0 Å². The third-order valence-corrected chi connectivity index (χ3v) is 4.17. The van der Waals surface area contributed by atoms with E-state index in [0.717, 1.165) is 22.3 Å². The van der Waals surface area contributed by atoms with Gasteiger partial charge in [-0.15, -0.1) is 5.10 Å². The van der Waals surface area contributed by atoms with Crippen LogP contribution in [-0.4, -0.2) is 23.2 Å². The van der Waals surface area contributed by atoms with Crippen LogP contribution in [0, 0.1) is 20.8 Å². The summed E-state index contributed by atoms with van der Waals surface area (Å²) in [7, 11) is 1.59. The topological polar surface area (TPSA) is 77.3 Å². The molecule has 0 aliphatic heterocycles. The van der Waals surface area contributed by atoms with E-state index in [1.807, 2.05) is 39.0 Å². The summed E-state index contributed by atoms with van der Waals surface area (Å²) in [6.07, 6.45) is 0.259. The van der Waals surface area contributed by atoms with Crippen molar-refractivity contribution in [1.82, 2.24) is 10.2 Å². The molecule has 26 heavy (non-hydrogen) atoms. The molecule has 3 aromatic rings. The van der Waals surface area contributed by atoms with Gasteiger partial charge in [-0.2, -0.15) is 0 Å². The molecule has 6 heteroatoms. The number of carbonyl (C=O) groups is 1. The van der Waals surface area contributed by atoms with Crippen molar-refractivity contribution in [1.29, 1.82) is 0 Å². The molecule has 3 rings (SSSR count). The minimum Gasteiger partial charge on any atom is -0.497 e. The summed E-state index contributed by atoms with van der Waals surface area (Å²) in [4.78, 5) is 12.4. The summed E-state index contributed by atoms with van der Waals surface area (Å²) in [5.41, 5.74) is 5.12. The van der Waals surface area contributed by atoms with Crippen molar-refractivity contribution in [2.75, 3.05) is 12.4 Å².